The lowest BCUT2D eigenvalue weighted by Crippen LogP contribution is -2.28. The molecule has 2 heterocycles. The van der Waals surface area contributed by atoms with Gasteiger partial charge in [0.25, 0.3) is 10.0 Å². The van der Waals surface area contributed by atoms with Crippen molar-refractivity contribution >= 4 is 21.4 Å². The molecule has 1 saturated heterocycles. The molecule has 1 aliphatic heterocycles. The number of hydrogen-bond acceptors (Lipinski definition) is 4. The SMILES string of the molecule is CCc1ccc(S(=O)(=O)N2CC[C@@H](CO)C2)s1. The lowest BCUT2D eigenvalue weighted by molar-refractivity contribution is 0.233. The maximum Gasteiger partial charge on any atom is 0.252 e. The maximum absolute atomic E-state index is 12.3. The van der Waals surface area contributed by atoms with Gasteiger partial charge in [-0.3, -0.25) is 0 Å². The third-order valence-electron chi connectivity index (χ3n) is 3.09. The Balaban J connectivity index is 2.19. The molecule has 0 aromatic carbocycles. The molecule has 1 fully saturated rings. The van der Waals surface area contributed by atoms with Crippen LogP contribution in [0.15, 0.2) is 16.3 Å². The van der Waals surface area contributed by atoms with Crippen LogP contribution in [0.5, 0.6) is 0 Å². The van der Waals surface area contributed by atoms with Crippen LogP contribution in [0.2, 0.25) is 0 Å². The van der Waals surface area contributed by atoms with Gasteiger partial charge in [0.15, 0.2) is 0 Å². The molecule has 0 saturated carbocycles. The van der Waals surface area contributed by atoms with E-state index in [0.717, 1.165) is 17.7 Å². The Labute approximate surface area is 106 Å². The summed E-state index contributed by atoms with van der Waals surface area (Å²) < 4.78 is 26.5. The zero-order chi connectivity index (χ0) is 12.5. The Kier molecular flexibility index (Phi) is 3.87. The van der Waals surface area contributed by atoms with Gasteiger partial charge < -0.3 is 5.11 Å². The molecule has 0 aliphatic carbocycles. The van der Waals surface area contributed by atoms with E-state index < -0.39 is 10.0 Å². The van der Waals surface area contributed by atoms with E-state index in [-0.39, 0.29) is 12.5 Å². The highest BCUT2D eigenvalue weighted by atomic mass is 32.2. The first-order valence-corrected chi connectivity index (χ1v) is 8.03. The van der Waals surface area contributed by atoms with Crippen molar-refractivity contribution in [2.24, 2.45) is 5.92 Å². The third-order valence-corrected chi connectivity index (χ3v) is 6.65. The van der Waals surface area contributed by atoms with Crippen LogP contribution in [0.1, 0.15) is 18.2 Å². The van der Waals surface area contributed by atoms with Crippen LogP contribution in [-0.4, -0.2) is 37.5 Å². The Hall–Kier alpha value is -0.430. The van der Waals surface area contributed by atoms with E-state index in [4.69, 9.17) is 5.11 Å². The Morgan fingerprint density at radius 2 is 2.29 bits per heavy atom. The maximum atomic E-state index is 12.3. The predicted octanol–water partition coefficient (Wildman–Crippen LogP) is 1.31. The summed E-state index contributed by atoms with van der Waals surface area (Å²) in [6.07, 6.45) is 1.61. The zero-order valence-corrected chi connectivity index (χ0v) is 11.4. The summed E-state index contributed by atoms with van der Waals surface area (Å²) in [6, 6.07) is 3.56. The van der Waals surface area contributed by atoms with Gasteiger partial charge in [-0.2, -0.15) is 4.31 Å². The van der Waals surface area contributed by atoms with E-state index in [1.54, 1.807) is 6.07 Å². The van der Waals surface area contributed by atoms with Gasteiger partial charge in [0.2, 0.25) is 0 Å². The molecule has 0 unspecified atom stereocenters. The molecular formula is C11H17NO3S2. The number of aliphatic hydroxyl groups excluding tert-OH is 1. The van der Waals surface area contributed by atoms with Crippen LogP contribution in [-0.2, 0) is 16.4 Å². The van der Waals surface area contributed by atoms with Crippen LogP contribution in [0.25, 0.3) is 0 Å². The number of aryl methyl sites for hydroxylation is 1. The topological polar surface area (TPSA) is 57.6 Å². The molecule has 6 heteroatoms. The fraction of sp³-hybridized carbons (Fsp3) is 0.636. The number of rotatable bonds is 4. The Morgan fingerprint density at radius 1 is 1.53 bits per heavy atom. The van der Waals surface area contributed by atoms with Gasteiger partial charge >= 0.3 is 0 Å². The van der Waals surface area contributed by atoms with Crippen LogP contribution < -0.4 is 0 Å². The average molecular weight is 275 g/mol. The van der Waals surface area contributed by atoms with Gasteiger partial charge in [0.05, 0.1) is 0 Å². The largest absolute Gasteiger partial charge is 0.396 e. The summed E-state index contributed by atoms with van der Waals surface area (Å²) in [4.78, 5) is 1.08. The number of hydrogen-bond donors (Lipinski definition) is 1. The monoisotopic (exact) mass is 275 g/mol. The van der Waals surface area contributed by atoms with Crippen molar-refractivity contribution in [1.82, 2.24) is 4.31 Å². The average Bonchev–Trinajstić information content (AvgIpc) is 2.98. The van der Waals surface area contributed by atoms with Crippen LogP contribution in [0, 0.1) is 5.92 Å². The lowest BCUT2D eigenvalue weighted by Gasteiger charge is -2.14. The number of sulfonamides is 1. The van der Waals surface area contributed by atoms with Gasteiger partial charge in [-0.1, -0.05) is 6.92 Å². The first kappa shape index (κ1) is 13.0. The highest BCUT2D eigenvalue weighted by molar-refractivity contribution is 7.91. The molecule has 1 aliphatic rings. The molecule has 17 heavy (non-hydrogen) atoms. The van der Waals surface area contributed by atoms with Crippen molar-refractivity contribution in [2.75, 3.05) is 19.7 Å². The quantitative estimate of drug-likeness (QED) is 0.901. The molecule has 1 aromatic rings. The molecule has 0 amide bonds. The molecule has 0 radical (unpaired) electrons. The minimum absolute atomic E-state index is 0.0661. The highest BCUT2D eigenvalue weighted by Gasteiger charge is 2.32. The smallest absolute Gasteiger partial charge is 0.252 e. The number of nitrogens with zero attached hydrogens (tertiary/aromatic N) is 1. The number of aliphatic hydroxyl groups is 1. The highest BCUT2D eigenvalue weighted by Crippen LogP contribution is 2.28. The summed E-state index contributed by atoms with van der Waals surface area (Å²) in [5.41, 5.74) is 0. The van der Waals surface area contributed by atoms with E-state index in [1.807, 2.05) is 13.0 Å². The van der Waals surface area contributed by atoms with Crippen LogP contribution in [0.4, 0.5) is 0 Å². The second-order valence-electron chi connectivity index (χ2n) is 4.27. The summed E-state index contributed by atoms with van der Waals surface area (Å²) in [5.74, 6) is 0.0929. The molecule has 1 atom stereocenters. The van der Waals surface area contributed by atoms with Crippen LogP contribution in [0.3, 0.4) is 0 Å². The fourth-order valence-electron chi connectivity index (χ4n) is 1.98. The molecule has 0 bridgehead atoms. The summed E-state index contributed by atoms with van der Waals surface area (Å²) in [6.45, 7) is 3.04. The van der Waals surface area contributed by atoms with E-state index in [0.29, 0.717) is 17.3 Å². The molecule has 1 aromatic heterocycles. The van der Waals surface area contributed by atoms with Crippen LogP contribution >= 0.6 is 11.3 Å². The molecule has 96 valence electrons. The standard InChI is InChI=1S/C11H17NO3S2/c1-2-10-3-4-11(16-10)17(14,15)12-6-5-9(7-12)8-13/h3-4,9,13H,2,5-8H2,1H3/t9-/m1/s1. The molecule has 1 N–H and O–H groups in total. The van der Waals surface area contributed by atoms with Gasteiger partial charge in [-0.15, -0.1) is 11.3 Å². The lowest BCUT2D eigenvalue weighted by atomic mass is 10.1. The van der Waals surface area contributed by atoms with Gasteiger partial charge in [0.1, 0.15) is 4.21 Å². The first-order chi connectivity index (χ1) is 8.07. The summed E-state index contributed by atoms with van der Waals surface area (Å²) in [5, 5.41) is 9.04. The minimum atomic E-state index is -3.33. The van der Waals surface area contributed by atoms with Crippen molar-refractivity contribution in [1.29, 1.82) is 0 Å². The van der Waals surface area contributed by atoms with Gasteiger partial charge in [-0.25, -0.2) is 8.42 Å². The van der Waals surface area contributed by atoms with Gasteiger partial charge in [0, 0.05) is 24.6 Å². The molecule has 0 spiro atoms. The van der Waals surface area contributed by atoms with Crippen molar-refractivity contribution < 1.29 is 13.5 Å². The molecule has 4 nitrogen and oxygen atoms in total. The van der Waals surface area contributed by atoms with E-state index in [2.05, 4.69) is 0 Å². The second kappa shape index (κ2) is 5.06. The second-order valence-corrected chi connectivity index (χ2v) is 7.61. The Morgan fingerprint density at radius 3 is 2.82 bits per heavy atom. The minimum Gasteiger partial charge on any atom is -0.396 e. The van der Waals surface area contributed by atoms with Crippen molar-refractivity contribution in [3.8, 4) is 0 Å². The predicted molar refractivity (Wildman–Crippen MR) is 67.6 cm³/mol. The zero-order valence-electron chi connectivity index (χ0n) is 9.80. The van der Waals surface area contributed by atoms with E-state index in [1.165, 1.54) is 15.6 Å². The molecular weight excluding hydrogens is 258 g/mol. The third kappa shape index (κ3) is 2.54. The van der Waals surface area contributed by atoms with Crippen molar-refractivity contribution in [2.45, 2.75) is 24.0 Å². The van der Waals surface area contributed by atoms with Crippen molar-refractivity contribution in [3.63, 3.8) is 0 Å². The number of thiophene rings is 1. The first-order valence-electron chi connectivity index (χ1n) is 5.77. The molecule has 2 rings (SSSR count). The van der Waals surface area contributed by atoms with Gasteiger partial charge in [-0.05, 0) is 30.9 Å². The summed E-state index contributed by atoms with van der Waals surface area (Å²) >= 11 is 1.34. The van der Waals surface area contributed by atoms with E-state index in [9.17, 15) is 8.42 Å². The Bertz CT molecular complexity index is 481. The van der Waals surface area contributed by atoms with E-state index >= 15 is 0 Å². The fourth-order valence-corrected chi connectivity index (χ4v) is 4.96. The normalized spacial score (nSPS) is 22.1. The summed E-state index contributed by atoms with van der Waals surface area (Å²) in [7, 11) is -3.33. The van der Waals surface area contributed by atoms with Crippen molar-refractivity contribution in [3.05, 3.63) is 17.0 Å².